The van der Waals surface area contributed by atoms with Crippen molar-refractivity contribution < 1.29 is 9.59 Å². The largest absolute Gasteiger partial charge is 0.338 e. The van der Waals surface area contributed by atoms with Crippen molar-refractivity contribution in [1.29, 1.82) is 0 Å². The lowest BCUT2D eigenvalue weighted by Crippen LogP contribution is -2.53. The Labute approximate surface area is 205 Å². The molecule has 5 rings (SSSR count). The normalized spacial score (nSPS) is 18.6. The monoisotopic (exact) mass is 473 g/mol. The van der Waals surface area contributed by atoms with Crippen molar-refractivity contribution in [2.24, 2.45) is 0 Å². The molecule has 1 atom stereocenters. The number of benzene rings is 2. The van der Waals surface area contributed by atoms with E-state index in [-0.39, 0.29) is 17.9 Å². The Morgan fingerprint density at radius 1 is 0.853 bits per heavy atom. The van der Waals surface area contributed by atoms with Crippen molar-refractivity contribution in [2.45, 2.75) is 26.3 Å². The number of amides is 2. The second-order valence-electron chi connectivity index (χ2n) is 9.32. The summed E-state index contributed by atoms with van der Waals surface area (Å²) in [6.07, 6.45) is 0.988. The minimum atomic E-state index is 0.0488. The summed E-state index contributed by atoms with van der Waals surface area (Å²) in [5.74, 6) is 0.201. The van der Waals surface area contributed by atoms with Crippen LogP contribution in [-0.2, 0) is 11.2 Å². The molecule has 5 nitrogen and oxygen atoms in total. The number of nitrogens with zero attached hydrogens (tertiary/aromatic N) is 3. The highest BCUT2D eigenvalue weighted by atomic mass is 32.1. The maximum atomic E-state index is 13.3. The lowest BCUT2D eigenvalue weighted by molar-refractivity contribution is -0.134. The summed E-state index contributed by atoms with van der Waals surface area (Å²) < 4.78 is 0. The van der Waals surface area contributed by atoms with E-state index < -0.39 is 0 Å². The molecule has 34 heavy (non-hydrogen) atoms. The van der Waals surface area contributed by atoms with Crippen LogP contribution < -0.4 is 0 Å². The molecule has 6 heteroatoms. The second kappa shape index (κ2) is 9.72. The number of fused-ring (bicyclic) bond motifs is 1. The zero-order valence-corrected chi connectivity index (χ0v) is 20.7. The third-order valence-electron chi connectivity index (χ3n) is 7.11. The van der Waals surface area contributed by atoms with E-state index in [9.17, 15) is 9.59 Å². The van der Waals surface area contributed by atoms with Gasteiger partial charge in [-0.05, 0) is 60.5 Å². The van der Waals surface area contributed by atoms with Crippen molar-refractivity contribution in [1.82, 2.24) is 14.7 Å². The number of thiophene rings is 1. The maximum absolute atomic E-state index is 13.3. The van der Waals surface area contributed by atoms with Gasteiger partial charge in [0.1, 0.15) is 0 Å². The SMILES string of the molecule is Cc1ccc(C(=O)N2CCN(C(=O)CN3CCc4sccc4C3c3ccccc3C)CC2)cc1. The number of piperazine rings is 1. The summed E-state index contributed by atoms with van der Waals surface area (Å²) in [6, 6.07) is 18.6. The van der Waals surface area contributed by atoms with E-state index in [2.05, 4.69) is 47.5 Å². The predicted molar refractivity (Wildman–Crippen MR) is 136 cm³/mol. The lowest BCUT2D eigenvalue weighted by atomic mass is 9.90. The first-order valence-electron chi connectivity index (χ1n) is 12.0. The minimum Gasteiger partial charge on any atom is -0.338 e. The van der Waals surface area contributed by atoms with Crippen LogP contribution in [0.15, 0.2) is 60.0 Å². The van der Waals surface area contributed by atoms with E-state index in [1.807, 2.05) is 52.3 Å². The van der Waals surface area contributed by atoms with Crippen LogP contribution in [0, 0.1) is 13.8 Å². The summed E-state index contributed by atoms with van der Waals surface area (Å²) in [5, 5.41) is 2.17. The first kappa shape index (κ1) is 22.8. The molecule has 3 heterocycles. The van der Waals surface area contributed by atoms with E-state index in [0.29, 0.717) is 38.3 Å². The molecule has 2 aromatic carbocycles. The Morgan fingerprint density at radius 2 is 1.56 bits per heavy atom. The topological polar surface area (TPSA) is 43.9 Å². The highest BCUT2D eigenvalue weighted by Crippen LogP contribution is 2.38. The number of carbonyl (C=O) groups excluding carboxylic acids is 2. The van der Waals surface area contributed by atoms with Crippen LogP contribution in [0.3, 0.4) is 0 Å². The van der Waals surface area contributed by atoms with E-state index in [1.165, 1.54) is 21.6 Å². The molecule has 0 aliphatic carbocycles. The Morgan fingerprint density at radius 3 is 2.29 bits per heavy atom. The van der Waals surface area contributed by atoms with Gasteiger partial charge >= 0.3 is 0 Å². The van der Waals surface area contributed by atoms with Crippen LogP contribution in [0.25, 0.3) is 0 Å². The van der Waals surface area contributed by atoms with Gasteiger partial charge in [0.25, 0.3) is 5.91 Å². The van der Waals surface area contributed by atoms with Gasteiger partial charge in [-0.1, -0.05) is 42.0 Å². The number of rotatable bonds is 4. The van der Waals surface area contributed by atoms with Gasteiger partial charge in [0.2, 0.25) is 5.91 Å². The van der Waals surface area contributed by atoms with Crippen molar-refractivity contribution in [3.63, 3.8) is 0 Å². The molecule has 0 N–H and O–H groups in total. The maximum Gasteiger partial charge on any atom is 0.253 e. The molecule has 0 radical (unpaired) electrons. The van der Waals surface area contributed by atoms with Gasteiger partial charge in [-0.15, -0.1) is 11.3 Å². The van der Waals surface area contributed by atoms with E-state index in [0.717, 1.165) is 18.5 Å². The Hall–Kier alpha value is -2.96. The lowest BCUT2D eigenvalue weighted by Gasteiger charge is -2.39. The molecule has 1 unspecified atom stereocenters. The average Bonchev–Trinajstić information content (AvgIpc) is 3.34. The summed E-state index contributed by atoms with van der Waals surface area (Å²) in [7, 11) is 0. The number of hydrogen-bond acceptors (Lipinski definition) is 4. The van der Waals surface area contributed by atoms with Crippen LogP contribution in [-0.4, -0.2) is 65.8 Å². The third kappa shape index (κ3) is 4.52. The van der Waals surface area contributed by atoms with Gasteiger partial charge in [0.05, 0.1) is 12.6 Å². The molecule has 176 valence electrons. The first-order valence-corrected chi connectivity index (χ1v) is 12.9. The highest BCUT2D eigenvalue weighted by molar-refractivity contribution is 7.10. The van der Waals surface area contributed by atoms with Crippen molar-refractivity contribution in [3.05, 3.63) is 92.7 Å². The van der Waals surface area contributed by atoms with Gasteiger partial charge in [-0.2, -0.15) is 0 Å². The molecule has 2 amide bonds. The number of aryl methyl sites for hydroxylation is 2. The van der Waals surface area contributed by atoms with E-state index >= 15 is 0 Å². The van der Waals surface area contributed by atoms with Gasteiger partial charge in [-0.3, -0.25) is 14.5 Å². The molecule has 2 aliphatic heterocycles. The fourth-order valence-corrected chi connectivity index (χ4v) is 6.01. The fourth-order valence-electron chi connectivity index (χ4n) is 5.11. The summed E-state index contributed by atoms with van der Waals surface area (Å²) in [6.45, 7) is 7.78. The quantitative estimate of drug-likeness (QED) is 0.568. The summed E-state index contributed by atoms with van der Waals surface area (Å²) >= 11 is 1.82. The Balaban J connectivity index is 1.26. The molecule has 1 aromatic heterocycles. The Kier molecular flexibility index (Phi) is 6.53. The predicted octanol–water partition coefficient (Wildman–Crippen LogP) is 4.30. The average molecular weight is 474 g/mol. The number of carbonyl (C=O) groups is 2. The molecule has 0 bridgehead atoms. The third-order valence-corrected chi connectivity index (χ3v) is 8.10. The van der Waals surface area contributed by atoms with Gasteiger partial charge in [-0.25, -0.2) is 0 Å². The number of hydrogen-bond donors (Lipinski definition) is 0. The van der Waals surface area contributed by atoms with Crippen LogP contribution in [0.1, 0.15) is 43.5 Å². The highest BCUT2D eigenvalue weighted by Gasteiger charge is 2.33. The van der Waals surface area contributed by atoms with Crippen LogP contribution >= 0.6 is 11.3 Å². The van der Waals surface area contributed by atoms with Gasteiger partial charge in [0.15, 0.2) is 0 Å². The smallest absolute Gasteiger partial charge is 0.253 e. The van der Waals surface area contributed by atoms with E-state index in [4.69, 9.17) is 0 Å². The standard InChI is InChI=1S/C28H31N3O2S/c1-20-7-9-22(10-8-20)28(33)30-16-14-29(15-17-30)26(32)19-31-13-11-25-24(12-18-34-25)27(31)23-6-4-3-5-21(23)2/h3-10,12,18,27H,11,13-17,19H2,1-2H3. The molecule has 3 aromatic rings. The second-order valence-corrected chi connectivity index (χ2v) is 10.3. The first-order chi connectivity index (χ1) is 16.5. The molecular weight excluding hydrogens is 442 g/mol. The molecule has 1 fully saturated rings. The molecular formula is C28H31N3O2S. The molecule has 1 saturated heterocycles. The van der Waals surface area contributed by atoms with E-state index in [1.54, 1.807) is 0 Å². The van der Waals surface area contributed by atoms with Crippen LogP contribution in [0.5, 0.6) is 0 Å². The molecule has 0 saturated carbocycles. The van der Waals surface area contributed by atoms with Crippen molar-refractivity contribution in [2.75, 3.05) is 39.3 Å². The van der Waals surface area contributed by atoms with Crippen LogP contribution in [0.4, 0.5) is 0 Å². The van der Waals surface area contributed by atoms with Crippen molar-refractivity contribution in [3.8, 4) is 0 Å². The van der Waals surface area contributed by atoms with Gasteiger partial charge in [0, 0.05) is 43.2 Å². The molecule has 2 aliphatic rings. The zero-order valence-electron chi connectivity index (χ0n) is 19.9. The zero-order chi connectivity index (χ0) is 23.7. The minimum absolute atomic E-state index is 0.0488. The fraction of sp³-hybridized carbons (Fsp3) is 0.357. The summed E-state index contributed by atoms with van der Waals surface area (Å²) in [5.41, 5.74) is 5.73. The van der Waals surface area contributed by atoms with Gasteiger partial charge < -0.3 is 9.80 Å². The molecule has 0 spiro atoms. The Bertz CT molecular complexity index is 1180. The van der Waals surface area contributed by atoms with Crippen molar-refractivity contribution >= 4 is 23.2 Å². The van der Waals surface area contributed by atoms with Crippen LogP contribution in [0.2, 0.25) is 0 Å². The summed E-state index contributed by atoms with van der Waals surface area (Å²) in [4.78, 5) is 33.7.